The van der Waals surface area contributed by atoms with E-state index < -0.39 is 5.82 Å². The standard InChI is InChI=1S/C11H12FN3O2/c1-15-11(13)7(5-14-15)10-8(16)3-6(12)4-9(10)17-2/h3-5,16H,13H2,1-2H3. The smallest absolute Gasteiger partial charge is 0.133 e. The van der Waals surface area contributed by atoms with Crippen molar-refractivity contribution in [3.05, 3.63) is 24.1 Å². The fourth-order valence-electron chi connectivity index (χ4n) is 1.64. The monoisotopic (exact) mass is 237 g/mol. The van der Waals surface area contributed by atoms with Crippen molar-refractivity contribution in [1.29, 1.82) is 0 Å². The molecule has 3 N–H and O–H groups in total. The SMILES string of the molecule is COc1cc(F)cc(O)c1-c1cnn(C)c1N. The van der Waals surface area contributed by atoms with E-state index in [0.717, 1.165) is 6.07 Å². The number of methoxy groups -OCH3 is 1. The molecule has 0 bridgehead atoms. The molecule has 0 atom stereocenters. The highest BCUT2D eigenvalue weighted by atomic mass is 19.1. The third-order valence-electron chi connectivity index (χ3n) is 2.52. The molecule has 2 rings (SSSR count). The molecule has 1 heterocycles. The van der Waals surface area contributed by atoms with Crippen molar-refractivity contribution in [3.63, 3.8) is 0 Å². The van der Waals surface area contributed by atoms with Crippen molar-refractivity contribution >= 4 is 5.82 Å². The number of phenols is 1. The van der Waals surface area contributed by atoms with Gasteiger partial charge in [0.25, 0.3) is 0 Å². The highest BCUT2D eigenvalue weighted by molar-refractivity contribution is 5.82. The summed E-state index contributed by atoms with van der Waals surface area (Å²) < 4.78 is 19.6. The maximum Gasteiger partial charge on any atom is 0.133 e. The molecule has 0 spiro atoms. The zero-order chi connectivity index (χ0) is 12.6. The van der Waals surface area contributed by atoms with Crippen LogP contribution in [0.3, 0.4) is 0 Å². The van der Waals surface area contributed by atoms with Gasteiger partial charge in [-0.2, -0.15) is 5.10 Å². The normalized spacial score (nSPS) is 10.5. The Morgan fingerprint density at radius 2 is 2.18 bits per heavy atom. The number of aromatic hydroxyl groups is 1. The molecule has 0 saturated carbocycles. The summed E-state index contributed by atoms with van der Waals surface area (Å²) in [5.74, 6) is -0.237. The number of hydrogen-bond donors (Lipinski definition) is 2. The van der Waals surface area contributed by atoms with Crippen LogP contribution < -0.4 is 10.5 Å². The largest absolute Gasteiger partial charge is 0.507 e. The van der Waals surface area contributed by atoms with Crippen LogP contribution in [0, 0.1) is 5.82 Å². The van der Waals surface area contributed by atoms with E-state index in [0.29, 0.717) is 16.9 Å². The Hall–Kier alpha value is -2.24. The molecule has 0 aliphatic carbocycles. The Kier molecular flexibility index (Phi) is 2.63. The highest BCUT2D eigenvalue weighted by Crippen LogP contribution is 2.40. The number of nitrogen functional groups attached to an aromatic ring is 1. The topological polar surface area (TPSA) is 73.3 Å². The molecular weight excluding hydrogens is 225 g/mol. The number of aryl methyl sites for hydroxylation is 1. The molecule has 0 radical (unpaired) electrons. The molecule has 0 amide bonds. The lowest BCUT2D eigenvalue weighted by Gasteiger charge is -2.10. The van der Waals surface area contributed by atoms with Crippen LogP contribution in [-0.4, -0.2) is 22.0 Å². The van der Waals surface area contributed by atoms with E-state index in [1.807, 2.05) is 0 Å². The van der Waals surface area contributed by atoms with Gasteiger partial charge in [0.2, 0.25) is 0 Å². The van der Waals surface area contributed by atoms with E-state index in [4.69, 9.17) is 10.5 Å². The summed E-state index contributed by atoms with van der Waals surface area (Å²) >= 11 is 0. The fraction of sp³-hybridized carbons (Fsp3) is 0.182. The summed E-state index contributed by atoms with van der Waals surface area (Å²) in [6, 6.07) is 2.19. The first-order valence-corrected chi connectivity index (χ1v) is 4.89. The van der Waals surface area contributed by atoms with Gasteiger partial charge in [-0.3, -0.25) is 4.68 Å². The van der Waals surface area contributed by atoms with Gasteiger partial charge in [0, 0.05) is 19.2 Å². The number of nitrogens with two attached hydrogens (primary N) is 1. The second-order valence-corrected chi connectivity index (χ2v) is 3.57. The van der Waals surface area contributed by atoms with Crippen LogP contribution in [0.15, 0.2) is 18.3 Å². The molecule has 90 valence electrons. The third-order valence-corrected chi connectivity index (χ3v) is 2.52. The number of halogens is 1. The number of aromatic nitrogens is 2. The van der Waals surface area contributed by atoms with Crippen LogP contribution in [0.1, 0.15) is 0 Å². The molecule has 0 aliphatic heterocycles. The van der Waals surface area contributed by atoms with Gasteiger partial charge in [0.15, 0.2) is 0 Å². The lowest BCUT2D eigenvalue weighted by atomic mass is 10.1. The van der Waals surface area contributed by atoms with Crippen LogP contribution >= 0.6 is 0 Å². The molecular formula is C11H12FN3O2. The number of phenolic OH excluding ortho intramolecular Hbond substituents is 1. The van der Waals surface area contributed by atoms with E-state index in [-0.39, 0.29) is 11.5 Å². The summed E-state index contributed by atoms with van der Waals surface area (Å²) in [5.41, 5.74) is 6.64. The zero-order valence-corrected chi connectivity index (χ0v) is 9.44. The summed E-state index contributed by atoms with van der Waals surface area (Å²) in [5, 5.41) is 13.7. The minimum atomic E-state index is -0.578. The van der Waals surface area contributed by atoms with Crippen LogP contribution in [0.25, 0.3) is 11.1 Å². The molecule has 5 nitrogen and oxygen atoms in total. The average Bonchev–Trinajstić information content (AvgIpc) is 2.59. The van der Waals surface area contributed by atoms with E-state index in [9.17, 15) is 9.50 Å². The molecule has 6 heteroatoms. The van der Waals surface area contributed by atoms with Crippen molar-refractivity contribution in [2.75, 3.05) is 12.8 Å². The van der Waals surface area contributed by atoms with Crippen molar-refractivity contribution in [1.82, 2.24) is 9.78 Å². The molecule has 2 aromatic rings. The summed E-state index contributed by atoms with van der Waals surface area (Å²) in [6.07, 6.45) is 1.49. The maximum atomic E-state index is 13.1. The molecule has 0 saturated heterocycles. The number of anilines is 1. The number of benzene rings is 1. The first-order chi connectivity index (χ1) is 8.04. The van der Waals surface area contributed by atoms with Gasteiger partial charge in [0.1, 0.15) is 23.1 Å². The fourth-order valence-corrected chi connectivity index (χ4v) is 1.64. The quantitative estimate of drug-likeness (QED) is 0.830. The second kappa shape index (κ2) is 3.97. The third kappa shape index (κ3) is 1.77. The van der Waals surface area contributed by atoms with Crippen LogP contribution in [0.2, 0.25) is 0 Å². The zero-order valence-electron chi connectivity index (χ0n) is 9.44. The molecule has 0 unspecified atom stereocenters. The van der Waals surface area contributed by atoms with Crippen molar-refractivity contribution in [3.8, 4) is 22.6 Å². The van der Waals surface area contributed by atoms with E-state index in [2.05, 4.69) is 5.10 Å². The van der Waals surface area contributed by atoms with Gasteiger partial charge in [-0.05, 0) is 0 Å². The summed E-state index contributed by atoms with van der Waals surface area (Å²) in [4.78, 5) is 0. The number of ether oxygens (including phenoxy) is 1. The van der Waals surface area contributed by atoms with Crippen molar-refractivity contribution in [2.45, 2.75) is 0 Å². The van der Waals surface area contributed by atoms with Crippen molar-refractivity contribution in [2.24, 2.45) is 7.05 Å². The minimum Gasteiger partial charge on any atom is -0.507 e. The Morgan fingerprint density at radius 1 is 1.47 bits per heavy atom. The first-order valence-electron chi connectivity index (χ1n) is 4.89. The Morgan fingerprint density at radius 3 is 2.71 bits per heavy atom. The van der Waals surface area contributed by atoms with Gasteiger partial charge in [0.05, 0.1) is 24.4 Å². The van der Waals surface area contributed by atoms with Gasteiger partial charge >= 0.3 is 0 Å². The average molecular weight is 237 g/mol. The molecule has 0 aliphatic rings. The Labute approximate surface area is 97.2 Å². The van der Waals surface area contributed by atoms with Crippen LogP contribution in [-0.2, 0) is 7.05 Å². The lowest BCUT2D eigenvalue weighted by Crippen LogP contribution is -1.99. The van der Waals surface area contributed by atoms with Crippen LogP contribution in [0.4, 0.5) is 10.2 Å². The second-order valence-electron chi connectivity index (χ2n) is 3.57. The van der Waals surface area contributed by atoms with Gasteiger partial charge in [-0.25, -0.2) is 4.39 Å². The van der Waals surface area contributed by atoms with Gasteiger partial charge in [-0.1, -0.05) is 0 Å². The van der Waals surface area contributed by atoms with Gasteiger partial charge < -0.3 is 15.6 Å². The molecule has 17 heavy (non-hydrogen) atoms. The predicted molar refractivity (Wildman–Crippen MR) is 61.2 cm³/mol. The highest BCUT2D eigenvalue weighted by Gasteiger charge is 2.18. The minimum absolute atomic E-state index is 0.210. The Balaban J connectivity index is 2.70. The van der Waals surface area contributed by atoms with Crippen molar-refractivity contribution < 1.29 is 14.2 Å². The number of rotatable bonds is 2. The first kappa shape index (κ1) is 11.3. The molecule has 1 aromatic heterocycles. The summed E-state index contributed by atoms with van der Waals surface area (Å²) in [6.45, 7) is 0. The number of nitrogens with zero attached hydrogens (tertiary/aromatic N) is 2. The number of hydrogen-bond acceptors (Lipinski definition) is 4. The molecule has 0 fully saturated rings. The Bertz CT molecular complexity index is 566. The van der Waals surface area contributed by atoms with E-state index in [1.54, 1.807) is 7.05 Å². The predicted octanol–water partition coefficient (Wildman–Crippen LogP) is 1.52. The lowest BCUT2D eigenvalue weighted by molar-refractivity contribution is 0.405. The maximum absolute atomic E-state index is 13.1. The molecule has 1 aromatic carbocycles. The van der Waals surface area contributed by atoms with E-state index in [1.165, 1.54) is 24.1 Å². The van der Waals surface area contributed by atoms with Crippen LogP contribution in [0.5, 0.6) is 11.5 Å². The summed E-state index contributed by atoms with van der Waals surface area (Å²) in [7, 11) is 3.07. The van der Waals surface area contributed by atoms with Gasteiger partial charge in [-0.15, -0.1) is 0 Å². The van der Waals surface area contributed by atoms with E-state index >= 15 is 0 Å².